The fourth-order valence-electron chi connectivity index (χ4n) is 1.38. The van der Waals surface area contributed by atoms with Gasteiger partial charge in [0.15, 0.2) is 17.3 Å². The van der Waals surface area contributed by atoms with Crippen LogP contribution in [-0.4, -0.2) is 19.0 Å². The highest BCUT2D eigenvalue weighted by atomic mass is 16.5. The molecule has 0 fully saturated rings. The molecule has 1 aliphatic heterocycles. The molecule has 0 unspecified atom stereocenters. The van der Waals surface area contributed by atoms with E-state index in [1.54, 1.807) is 25.1 Å². The molecule has 0 saturated heterocycles. The van der Waals surface area contributed by atoms with E-state index in [-0.39, 0.29) is 5.78 Å². The summed E-state index contributed by atoms with van der Waals surface area (Å²) in [5, 5.41) is 0. The first kappa shape index (κ1) is 9.06. The lowest BCUT2D eigenvalue weighted by Crippen LogP contribution is -1.97. The van der Waals surface area contributed by atoms with Crippen LogP contribution in [0, 0.1) is 0 Å². The molecule has 0 N–H and O–H groups in total. The van der Waals surface area contributed by atoms with Crippen LogP contribution in [0.4, 0.5) is 0 Å². The minimum absolute atomic E-state index is 0.0423. The molecule has 14 heavy (non-hydrogen) atoms. The minimum Gasteiger partial charge on any atom is -0.490 e. The number of rotatable bonds is 1. The summed E-state index contributed by atoms with van der Waals surface area (Å²) in [5.74, 6) is 1.45. The lowest BCUT2D eigenvalue weighted by molar-refractivity contribution is 0.101. The second-order valence-corrected chi connectivity index (χ2v) is 3.27. The summed E-state index contributed by atoms with van der Waals surface area (Å²) in [6.07, 6.45) is 0.879. The van der Waals surface area contributed by atoms with Gasteiger partial charge in [-0.2, -0.15) is 0 Å². The van der Waals surface area contributed by atoms with Gasteiger partial charge in [0.25, 0.3) is 0 Å². The van der Waals surface area contributed by atoms with Gasteiger partial charge in [0.1, 0.15) is 0 Å². The van der Waals surface area contributed by atoms with Crippen molar-refractivity contribution in [1.82, 2.24) is 0 Å². The van der Waals surface area contributed by atoms with E-state index in [0.717, 1.165) is 12.2 Å². The largest absolute Gasteiger partial charge is 0.490 e. The third kappa shape index (κ3) is 1.71. The number of carbonyl (C=O) groups is 1. The Morgan fingerprint density at radius 2 is 1.93 bits per heavy atom. The zero-order chi connectivity index (χ0) is 9.97. The van der Waals surface area contributed by atoms with Crippen molar-refractivity contribution >= 4 is 5.78 Å². The van der Waals surface area contributed by atoms with E-state index in [9.17, 15) is 4.79 Å². The summed E-state index contributed by atoms with van der Waals surface area (Å²) < 4.78 is 10.9. The van der Waals surface area contributed by atoms with Gasteiger partial charge in [-0.1, -0.05) is 0 Å². The predicted molar refractivity (Wildman–Crippen MR) is 52.1 cm³/mol. The van der Waals surface area contributed by atoms with E-state index in [0.29, 0.717) is 24.5 Å². The normalized spacial score (nSPS) is 14.6. The Kier molecular flexibility index (Phi) is 2.39. The van der Waals surface area contributed by atoms with Gasteiger partial charge in [-0.15, -0.1) is 0 Å². The zero-order valence-electron chi connectivity index (χ0n) is 8.08. The molecule has 1 aromatic carbocycles. The maximum absolute atomic E-state index is 11.1. The van der Waals surface area contributed by atoms with Gasteiger partial charge >= 0.3 is 0 Å². The monoisotopic (exact) mass is 192 g/mol. The smallest absolute Gasteiger partial charge is 0.161 e. The maximum Gasteiger partial charge on any atom is 0.161 e. The van der Waals surface area contributed by atoms with Crippen LogP contribution in [0.15, 0.2) is 18.2 Å². The molecule has 74 valence electrons. The molecule has 0 aliphatic carbocycles. The molecule has 2 rings (SSSR count). The van der Waals surface area contributed by atoms with Gasteiger partial charge < -0.3 is 9.47 Å². The SMILES string of the molecule is CC(=O)c1ccc2c(c1)OCCCO2. The van der Waals surface area contributed by atoms with E-state index >= 15 is 0 Å². The van der Waals surface area contributed by atoms with Crippen molar-refractivity contribution in [1.29, 1.82) is 0 Å². The molecule has 0 bridgehead atoms. The second-order valence-electron chi connectivity index (χ2n) is 3.27. The minimum atomic E-state index is 0.0423. The van der Waals surface area contributed by atoms with Gasteiger partial charge in [0.05, 0.1) is 13.2 Å². The average molecular weight is 192 g/mol. The third-order valence-electron chi connectivity index (χ3n) is 2.15. The Hall–Kier alpha value is -1.51. The van der Waals surface area contributed by atoms with Crippen LogP contribution in [0.25, 0.3) is 0 Å². The molecular formula is C11H12O3. The quantitative estimate of drug-likeness (QED) is 0.639. The van der Waals surface area contributed by atoms with Crippen LogP contribution in [0.2, 0.25) is 0 Å². The van der Waals surface area contributed by atoms with Gasteiger partial charge in [-0.3, -0.25) is 4.79 Å². The summed E-state index contributed by atoms with van der Waals surface area (Å²) >= 11 is 0. The number of fused-ring (bicyclic) bond motifs is 1. The number of carbonyl (C=O) groups excluding carboxylic acids is 1. The first-order chi connectivity index (χ1) is 6.77. The van der Waals surface area contributed by atoms with Gasteiger partial charge in [0.2, 0.25) is 0 Å². The first-order valence-electron chi connectivity index (χ1n) is 4.68. The first-order valence-corrected chi connectivity index (χ1v) is 4.68. The molecule has 1 heterocycles. The summed E-state index contributed by atoms with van der Waals surface area (Å²) in [4.78, 5) is 11.1. The number of Topliss-reactive ketones (excluding diaryl/α,β-unsaturated/α-hetero) is 1. The summed E-state index contributed by atoms with van der Waals surface area (Å²) in [5.41, 5.74) is 0.661. The van der Waals surface area contributed by atoms with Crippen molar-refractivity contribution < 1.29 is 14.3 Å². The molecular weight excluding hydrogens is 180 g/mol. The molecule has 1 aromatic rings. The van der Waals surface area contributed by atoms with Crippen molar-refractivity contribution in [3.8, 4) is 11.5 Å². The van der Waals surface area contributed by atoms with Crippen molar-refractivity contribution in [3.05, 3.63) is 23.8 Å². The summed E-state index contributed by atoms with van der Waals surface area (Å²) in [6.45, 7) is 2.86. The molecule has 3 nitrogen and oxygen atoms in total. The van der Waals surface area contributed by atoms with Crippen molar-refractivity contribution in [2.24, 2.45) is 0 Å². The van der Waals surface area contributed by atoms with Crippen LogP contribution in [-0.2, 0) is 0 Å². The van der Waals surface area contributed by atoms with E-state index in [2.05, 4.69) is 0 Å². The molecule has 1 aliphatic rings. The average Bonchev–Trinajstić information content (AvgIpc) is 2.41. The van der Waals surface area contributed by atoms with E-state index in [1.165, 1.54) is 0 Å². The molecule has 3 heteroatoms. The summed E-state index contributed by atoms with van der Waals surface area (Å²) in [7, 11) is 0. The Bertz CT molecular complexity index is 358. The molecule has 0 aromatic heterocycles. The standard InChI is InChI=1S/C11H12O3/c1-8(12)9-3-4-10-11(7-9)14-6-2-5-13-10/h3-4,7H,2,5-6H2,1H3. The predicted octanol–water partition coefficient (Wildman–Crippen LogP) is 2.05. The zero-order valence-corrected chi connectivity index (χ0v) is 8.08. The van der Waals surface area contributed by atoms with Gasteiger partial charge in [-0.05, 0) is 25.1 Å². The molecule has 0 spiro atoms. The van der Waals surface area contributed by atoms with Crippen LogP contribution < -0.4 is 9.47 Å². The van der Waals surface area contributed by atoms with Gasteiger partial charge in [0, 0.05) is 12.0 Å². The van der Waals surface area contributed by atoms with Crippen molar-refractivity contribution in [2.45, 2.75) is 13.3 Å². The molecule has 0 saturated carbocycles. The maximum atomic E-state index is 11.1. The van der Waals surface area contributed by atoms with E-state index < -0.39 is 0 Å². The molecule has 0 radical (unpaired) electrons. The fourth-order valence-corrected chi connectivity index (χ4v) is 1.38. The van der Waals surface area contributed by atoms with E-state index in [4.69, 9.17) is 9.47 Å². The summed E-state index contributed by atoms with van der Waals surface area (Å²) in [6, 6.07) is 5.29. The highest BCUT2D eigenvalue weighted by Gasteiger charge is 2.11. The van der Waals surface area contributed by atoms with Crippen LogP contribution in [0.5, 0.6) is 11.5 Å². The van der Waals surface area contributed by atoms with Crippen molar-refractivity contribution in [3.63, 3.8) is 0 Å². The third-order valence-corrected chi connectivity index (χ3v) is 2.15. The number of hydrogen-bond donors (Lipinski definition) is 0. The fraction of sp³-hybridized carbons (Fsp3) is 0.364. The second kappa shape index (κ2) is 3.70. The number of benzene rings is 1. The van der Waals surface area contributed by atoms with Gasteiger partial charge in [-0.25, -0.2) is 0 Å². The lowest BCUT2D eigenvalue weighted by atomic mass is 10.1. The van der Waals surface area contributed by atoms with Crippen LogP contribution in [0.1, 0.15) is 23.7 Å². The number of hydrogen-bond acceptors (Lipinski definition) is 3. The molecule has 0 amide bonds. The molecule has 0 atom stereocenters. The highest BCUT2D eigenvalue weighted by molar-refractivity contribution is 5.94. The number of ketones is 1. The Labute approximate surface area is 82.6 Å². The van der Waals surface area contributed by atoms with Crippen LogP contribution >= 0.6 is 0 Å². The Morgan fingerprint density at radius 3 is 2.64 bits per heavy atom. The van der Waals surface area contributed by atoms with E-state index in [1.807, 2.05) is 0 Å². The highest BCUT2D eigenvalue weighted by Crippen LogP contribution is 2.30. The van der Waals surface area contributed by atoms with Crippen LogP contribution in [0.3, 0.4) is 0 Å². The Morgan fingerprint density at radius 1 is 1.21 bits per heavy atom. The van der Waals surface area contributed by atoms with Crippen molar-refractivity contribution in [2.75, 3.05) is 13.2 Å². The topological polar surface area (TPSA) is 35.5 Å². The number of ether oxygens (including phenoxy) is 2. The Balaban J connectivity index is 2.37. The lowest BCUT2D eigenvalue weighted by Gasteiger charge is -2.07.